The normalized spacial score (nSPS) is 16.7. The third-order valence-electron chi connectivity index (χ3n) is 4.16. The Morgan fingerprint density at radius 2 is 2.07 bits per heavy atom. The number of aliphatic hydroxyl groups is 1. The van der Waals surface area contributed by atoms with Crippen LogP contribution in [0.2, 0.25) is 0 Å². The first-order valence-corrected chi connectivity index (χ1v) is 8.58. The van der Waals surface area contributed by atoms with Crippen molar-refractivity contribution in [1.82, 2.24) is 0 Å². The molecule has 8 heteroatoms. The third kappa shape index (κ3) is 5.04. The molecule has 148 valence electrons. The largest absolute Gasteiger partial charge is 0.489 e. The highest BCUT2D eigenvalue weighted by Gasteiger charge is 2.22. The smallest absolute Gasteiger partial charge is 0.409 e. The number of amides is 1. The van der Waals surface area contributed by atoms with Gasteiger partial charge in [0.15, 0.2) is 0 Å². The van der Waals surface area contributed by atoms with E-state index in [0.717, 1.165) is 6.08 Å². The topological polar surface area (TPSA) is 70.6 Å². The number of carbonyl (C=O) groups excluding carboxylic acids is 1. The van der Waals surface area contributed by atoms with Gasteiger partial charge in [-0.25, -0.2) is 0 Å². The second kappa shape index (κ2) is 7.93. The van der Waals surface area contributed by atoms with E-state index in [2.05, 4.69) is 10.6 Å². The Labute approximate surface area is 159 Å². The first-order valence-electron chi connectivity index (χ1n) is 8.58. The zero-order valence-electron chi connectivity index (χ0n) is 15.0. The Bertz CT molecular complexity index is 910. The van der Waals surface area contributed by atoms with Crippen LogP contribution >= 0.6 is 0 Å². The average Bonchev–Trinajstić information content (AvgIpc) is 2.81. The molecule has 0 saturated carbocycles. The maximum atomic E-state index is 12.5. The van der Waals surface area contributed by atoms with Crippen molar-refractivity contribution >= 4 is 23.4 Å². The molecule has 0 bridgehead atoms. The molecular weight excluding hydrogens is 373 g/mol. The highest BCUT2D eigenvalue weighted by molar-refractivity contribution is 6.05. The summed E-state index contributed by atoms with van der Waals surface area (Å²) in [4.78, 5) is 12.5. The number of aliphatic hydroxyl groups excluding tert-OH is 1. The summed E-state index contributed by atoms with van der Waals surface area (Å²) >= 11 is 0. The van der Waals surface area contributed by atoms with E-state index in [4.69, 9.17) is 4.74 Å². The molecular formula is C20H19F3N2O3. The molecule has 3 N–H and O–H groups in total. The number of hydrogen-bond donors (Lipinski definition) is 3. The quantitative estimate of drug-likeness (QED) is 0.739. The number of nitrogens with one attached hydrogen (secondary N) is 2. The number of aryl methyl sites for hydroxylation is 1. The lowest BCUT2D eigenvalue weighted by Gasteiger charge is -2.12. The van der Waals surface area contributed by atoms with Gasteiger partial charge in [0, 0.05) is 29.9 Å². The number of allylic oxidation sites excluding steroid dienone is 1. The minimum Gasteiger partial charge on any atom is -0.489 e. The van der Waals surface area contributed by atoms with Crippen molar-refractivity contribution in [2.75, 3.05) is 23.8 Å². The molecule has 1 atom stereocenters. The van der Waals surface area contributed by atoms with Crippen LogP contribution in [0.15, 0.2) is 42.5 Å². The van der Waals surface area contributed by atoms with Gasteiger partial charge < -0.3 is 20.5 Å². The molecule has 2 aromatic rings. The standard InChI is InChI=1S/C20H19F3N2O3/c1-12-8-13(6-7-20(21,22)23)2-4-16(12)19(27)25-14-3-5-17-18(9-14)28-11-15(26)10-24-17/h2-9,15,24,26H,10-11H2,1H3,(H,25,27). The predicted octanol–water partition coefficient (Wildman–Crippen LogP) is 3.99. The molecule has 0 spiro atoms. The van der Waals surface area contributed by atoms with Gasteiger partial charge >= 0.3 is 6.18 Å². The monoisotopic (exact) mass is 392 g/mol. The summed E-state index contributed by atoms with van der Waals surface area (Å²) in [6.45, 7) is 2.17. The molecule has 5 nitrogen and oxygen atoms in total. The fourth-order valence-corrected chi connectivity index (χ4v) is 2.77. The molecule has 0 radical (unpaired) electrons. The van der Waals surface area contributed by atoms with Crippen molar-refractivity contribution in [3.63, 3.8) is 0 Å². The Hall–Kier alpha value is -3.00. The predicted molar refractivity (Wildman–Crippen MR) is 101 cm³/mol. The van der Waals surface area contributed by atoms with Crippen LogP contribution in [0.25, 0.3) is 6.08 Å². The summed E-state index contributed by atoms with van der Waals surface area (Å²) in [5.41, 5.74) is 2.48. The minimum absolute atomic E-state index is 0.142. The van der Waals surface area contributed by atoms with E-state index in [9.17, 15) is 23.1 Å². The Balaban J connectivity index is 1.74. The van der Waals surface area contributed by atoms with Crippen molar-refractivity contribution in [3.8, 4) is 5.75 Å². The van der Waals surface area contributed by atoms with Crippen molar-refractivity contribution in [2.45, 2.75) is 19.2 Å². The van der Waals surface area contributed by atoms with Gasteiger partial charge in [-0.15, -0.1) is 0 Å². The highest BCUT2D eigenvalue weighted by Crippen LogP contribution is 2.30. The van der Waals surface area contributed by atoms with Crippen LogP contribution in [-0.4, -0.2) is 36.4 Å². The molecule has 1 aliphatic rings. The van der Waals surface area contributed by atoms with Gasteiger partial charge in [0.2, 0.25) is 0 Å². The fraction of sp³-hybridized carbons (Fsp3) is 0.250. The van der Waals surface area contributed by atoms with Crippen molar-refractivity contribution in [2.24, 2.45) is 0 Å². The third-order valence-corrected chi connectivity index (χ3v) is 4.16. The first-order chi connectivity index (χ1) is 13.2. The number of benzene rings is 2. The lowest BCUT2D eigenvalue weighted by atomic mass is 10.0. The Kier molecular flexibility index (Phi) is 5.60. The van der Waals surface area contributed by atoms with Crippen LogP contribution in [0, 0.1) is 6.92 Å². The number of fused-ring (bicyclic) bond motifs is 1. The van der Waals surface area contributed by atoms with Crippen LogP contribution in [-0.2, 0) is 0 Å². The minimum atomic E-state index is -4.39. The number of alkyl halides is 3. The first kappa shape index (κ1) is 19.8. The van der Waals surface area contributed by atoms with E-state index in [1.165, 1.54) is 18.2 Å². The number of carbonyl (C=O) groups is 1. The molecule has 0 saturated heterocycles. The van der Waals surface area contributed by atoms with Crippen LogP contribution in [0.5, 0.6) is 5.75 Å². The zero-order chi connectivity index (χ0) is 20.3. The molecule has 0 aliphatic carbocycles. The second-order valence-electron chi connectivity index (χ2n) is 6.46. The summed E-state index contributed by atoms with van der Waals surface area (Å²) in [5, 5.41) is 15.4. The number of β-amino-alcohol motifs (C(OH)–C–C–N with tert-alkyl or cyclic N) is 1. The van der Waals surface area contributed by atoms with Crippen LogP contribution in [0.4, 0.5) is 24.5 Å². The molecule has 28 heavy (non-hydrogen) atoms. The van der Waals surface area contributed by atoms with Gasteiger partial charge in [0.1, 0.15) is 18.5 Å². The van der Waals surface area contributed by atoms with E-state index in [0.29, 0.717) is 40.4 Å². The molecule has 3 rings (SSSR count). The number of rotatable bonds is 3. The van der Waals surface area contributed by atoms with Crippen LogP contribution < -0.4 is 15.4 Å². The van der Waals surface area contributed by atoms with Crippen molar-refractivity contribution < 1.29 is 27.8 Å². The summed E-state index contributed by atoms with van der Waals surface area (Å²) in [6.07, 6.45) is -3.90. The number of halogens is 3. The van der Waals surface area contributed by atoms with E-state index >= 15 is 0 Å². The van der Waals surface area contributed by atoms with Gasteiger partial charge in [0.05, 0.1) is 5.69 Å². The van der Waals surface area contributed by atoms with Gasteiger partial charge in [-0.1, -0.05) is 18.2 Å². The molecule has 0 aromatic heterocycles. The lowest BCUT2D eigenvalue weighted by Crippen LogP contribution is -2.23. The second-order valence-corrected chi connectivity index (χ2v) is 6.46. The number of ether oxygens (including phenoxy) is 1. The van der Waals surface area contributed by atoms with E-state index in [1.807, 2.05) is 0 Å². The van der Waals surface area contributed by atoms with E-state index < -0.39 is 12.3 Å². The van der Waals surface area contributed by atoms with Crippen LogP contribution in [0.1, 0.15) is 21.5 Å². The molecule has 2 aromatic carbocycles. The molecule has 1 aliphatic heterocycles. The molecule has 1 heterocycles. The van der Waals surface area contributed by atoms with Crippen LogP contribution in [0.3, 0.4) is 0 Å². The number of anilines is 2. The number of hydrogen-bond acceptors (Lipinski definition) is 4. The van der Waals surface area contributed by atoms with Gasteiger partial charge in [-0.05, 0) is 36.2 Å². The maximum Gasteiger partial charge on any atom is 0.409 e. The fourth-order valence-electron chi connectivity index (χ4n) is 2.77. The summed E-state index contributed by atoms with van der Waals surface area (Å²) in [5.74, 6) is 0.129. The summed E-state index contributed by atoms with van der Waals surface area (Å²) < 4.78 is 42.4. The van der Waals surface area contributed by atoms with Gasteiger partial charge in [-0.2, -0.15) is 13.2 Å². The van der Waals surface area contributed by atoms with E-state index in [-0.39, 0.29) is 18.6 Å². The average molecular weight is 392 g/mol. The maximum absolute atomic E-state index is 12.5. The Morgan fingerprint density at radius 1 is 1.29 bits per heavy atom. The van der Waals surface area contributed by atoms with E-state index in [1.54, 1.807) is 25.1 Å². The molecule has 1 unspecified atom stereocenters. The zero-order valence-corrected chi connectivity index (χ0v) is 15.0. The SMILES string of the molecule is Cc1cc(C=CC(F)(F)F)ccc1C(=O)Nc1ccc2c(c1)OCC(O)CN2. The van der Waals surface area contributed by atoms with Gasteiger partial charge in [0.25, 0.3) is 5.91 Å². The molecule has 0 fully saturated rings. The lowest BCUT2D eigenvalue weighted by molar-refractivity contribution is -0.0790. The van der Waals surface area contributed by atoms with Crippen molar-refractivity contribution in [1.29, 1.82) is 0 Å². The van der Waals surface area contributed by atoms with Gasteiger partial charge in [-0.3, -0.25) is 4.79 Å². The highest BCUT2D eigenvalue weighted by atomic mass is 19.4. The molecule has 1 amide bonds. The van der Waals surface area contributed by atoms with Crippen molar-refractivity contribution in [3.05, 3.63) is 59.2 Å². The summed E-state index contributed by atoms with van der Waals surface area (Å²) in [6, 6.07) is 9.53. The Morgan fingerprint density at radius 3 is 2.79 bits per heavy atom. The summed E-state index contributed by atoms with van der Waals surface area (Å²) in [7, 11) is 0.